The summed E-state index contributed by atoms with van der Waals surface area (Å²) >= 11 is 29.3. The van der Waals surface area contributed by atoms with Gasteiger partial charge in [0.15, 0.2) is 12.6 Å². The Kier molecular flexibility index (Phi) is 19.7. The second-order valence-corrected chi connectivity index (χ2v) is 6.06. The van der Waals surface area contributed by atoms with Gasteiger partial charge in [-0.3, -0.25) is 9.59 Å². The molecule has 0 saturated carbocycles. The number of hydrogen-bond donors (Lipinski definition) is 0. The topological polar surface area (TPSA) is 34.1 Å². The van der Waals surface area contributed by atoms with Gasteiger partial charge in [-0.1, -0.05) is 69.6 Å². The van der Waals surface area contributed by atoms with E-state index in [9.17, 15) is 9.59 Å². The number of carbonyl (C=O) groups excluding carboxylic acids is 2. The molecule has 0 aromatic heterocycles. The maximum absolute atomic E-state index is 9.43. The van der Waals surface area contributed by atoms with Gasteiger partial charge in [-0.2, -0.15) is 0 Å². The van der Waals surface area contributed by atoms with Gasteiger partial charge in [0.2, 0.25) is 7.59 Å². The molecular weight excluding hydrogens is 364 g/mol. The largest absolute Gasteiger partial charge is 1.00 e. The van der Waals surface area contributed by atoms with Gasteiger partial charge in [-0.05, 0) is 0 Å². The van der Waals surface area contributed by atoms with Crippen LogP contribution in [0.2, 0.25) is 0 Å². The highest BCUT2D eigenvalue weighted by atomic mass is 35.6. The average molecular weight is 366 g/mol. The third-order valence-corrected chi connectivity index (χ3v) is 0.802. The molecule has 0 aromatic rings. The van der Waals surface area contributed by atoms with Crippen molar-refractivity contribution >= 4 is 82.2 Å². The summed E-state index contributed by atoms with van der Waals surface area (Å²) in [5.74, 6) is 0. The normalized spacial score (nSPS) is 9.57. The minimum absolute atomic E-state index is 0. The molecule has 14 heavy (non-hydrogen) atoms. The zero-order chi connectivity index (χ0) is 10.4. The second-order valence-electron chi connectivity index (χ2n) is 1.32. The Balaban J connectivity index is -0.0000000625. The molecule has 0 atom stereocenters. The molecule has 0 aromatic carbocycles. The van der Waals surface area contributed by atoms with Crippen molar-refractivity contribution in [3.05, 3.63) is 0 Å². The predicted molar refractivity (Wildman–Crippen MR) is 52.7 cm³/mol. The van der Waals surface area contributed by atoms with Crippen molar-refractivity contribution < 1.29 is 34.4 Å². The van der Waals surface area contributed by atoms with Gasteiger partial charge in [0.1, 0.15) is 0 Å². The smallest absolute Gasteiger partial charge is 0.245 e. The van der Waals surface area contributed by atoms with Gasteiger partial charge >= 0.3 is 0 Å². The van der Waals surface area contributed by atoms with Crippen LogP contribution in [0.25, 0.3) is 0 Å². The minimum atomic E-state index is -1.72. The molecule has 0 bridgehead atoms. The third-order valence-electron chi connectivity index (χ3n) is 0.267. The Labute approximate surface area is 123 Å². The van der Waals surface area contributed by atoms with Crippen LogP contribution in [0.15, 0.2) is 0 Å². The maximum atomic E-state index is 9.43. The summed E-state index contributed by atoms with van der Waals surface area (Å²) in [5.41, 5.74) is 0. The summed E-state index contributed by atoms with van der Waals surface area (Å²) in [6, 6.07) is 0. The van der Waals surface area contributed by atoms with Crippen LogP contribution in [0.4, 0.5) is 0 Å². The van der Waals surface area contributed by atoms with E-state index in [4.69, 9.17) is 69.6 Å². The lowest BCUT2D eigenvalue weighted by Crippen LogP contribution is -3.00. The van der Waals surface area contributed by atoms with Crippen molar-refractivity contribution in [3.63, 3.8) is 0 Å². The van der Waals surface area contributed by atoms with Gasteiger partial charge in [-0.15, -0.1) is 0 Å². The molecule has 0 spiro atoms. The Morgan fingerprint density at radius 2 is 0.714 bits per heavy atom. The van der Waals surface area contributed by atoms with Crippen LogP contribution in [0, 0.1) is 0 Å². The lowest BCUT2D eigenvalue weighted by atomic mass is 10.9. The predicted octanol–water partition coefficient (Wildman–Crippen LogP) is -2.88. The molecule has 0 aliphatic rings. The van der Waals surface area contributed by atoms with E-state index in [-0.39, 0.29) is 37.4 Å². The maximum Gasteiger partial charge on any atom is 0.245 e. The second kappa shape index (κ2) is 11.2. The molecule has 10 heteroatoms. The van der Waals surface area contributed by atoms with Crippen LogP contribution < -0.4 is 24.8 Å². The summed E-state index contributed by atoms with van der Waals surface area (Å²) in [4.78, 5) is 18.9. The summed E-state index contributed by atoms with van der Waals surface area (Å²) in [6.07, 6.45) is 0.468. The fourth-order valence-corrected chi connectivity index (χ4v) is 0. The average Bonchev–Trinajstić information content (AvgIpc) is 1.86. The van der Waals surface area contributed by atoms with E-state index in [1.165, 1.54) is 0 Å². The zero-order valence-corrected chi connectivity index (χ0v) is 12.0. The van der Waals surface area contributed by atoms with Crippen molar-refractivity contribution in [3.8, 4) is 0 Å². The molecule has 0 aliphatic carbocycles. The van der Waals surface area contributed by atoms with Crippen molar-refractivity contribution in [2.24, 2.45) is 0 Å². The molecule has 0 radical (unpaired) electrons. The zero-order valence-electron chi connectivity index (χ0n) is 5.99. The molecule has 2 nitrogen and oxygen atoms in total. The first-order valence-corrected chi connectivity index (χ1v) is 4.45. The number of carbonyl (C=O) groups is 2. The van der Waals surface area contributed by atoms with Crippen LogP contribution >= 0.6 is 69.6 Å². The van der Waals surface area contributed by atoms with Crippen molar-refractivity contribution in [1.29, 1.82) is 0 Å². The van der Waals surface area contributed by atoms with Gasteiger partial charge in [0.05, 0.1) is 0 Å². The fraction of sp³-hybridized carbons (Fsp3) is 0.500. The van der Waals surface area contributed by atoms with E-state index in [0.717, 1.165) is 0 Å². The summed E-state index contributed by atoms with van der Waals surface area (Å²) < 4.78 is -3.44. The lowest BCUT2D eigenvalue weighted by molar-refractivity contribution is -0.107. The molecule has 0 unspecified atom stereocenters. The number of aldehydes is 2. The third kappa shape index (κ3) is 37.3. The van der Waals surface area contributed by atoms with Crippen LogP contribution in [0.1, 0.15) is 0 Å². The van der Waals surface area contributed by atoms with E-state index < -0.39 is 7.59 Å². The van der Waals surface area contributed by atoms with Gasteiger partial charge in [-0.25, -0.2) is 0 Å². The van der Waals surface area contributed by atoms with Gasteiger partial charge < -0.3 is 24.8 Å². The first kappa shape index (κ1) is 24.8. The Morgan fingerprint density at radius 1 is 0.643 bits per heavy atom. The summed E-state index contributed by atoms with van der Waals surface area (Å²) in [5, 5.41) is 0. The van der Waals surface area contributed by atoms with Crippen molar-refractivity contribution in [2.45, 2.75) is 7.59 Å². The SMILES string of the molecule is O=CC(Cl)(Cl)Cl.O=CC(Cl)(Cl)Cl.[Cl-].[Cl-]. The Morgan fingerprint density at radius 3 is 0.714 bits per heavy atom. The molecule has 0 saturated heterocycles. The minimum Gasteiger partial charge on any atom is -1.00 e. The molecule has 0 aliphatic heterocycles. The van der Waals surface area contributed by atoms with Crippen LogP contribution in [-0.2, 0) is 9.59 Å². The molecule has 88 valence electrons. The van der Waals surface area contributed by atoms with Gasteiger partial charge in [0, 0.05) is 0 Å². The van der Waals surface area contributed by atoms with Crippen molar-refractivity contribution in [1.82, 2.24) is 0 Å². The van der Waals surface area contributed by atoms with E-state index in [2.05, 4.69) is 0 Å². The fourth-order valence-electron chi connectivity index (χ4n) is 0. The quantitative estimate of drug-likeness (QED) is 0.341. The molecule has 0 rings (SSSR count). The van der Waals surface area contributed by atoms with Gasteiger partial charge in [0.25, 0.3) is 0 Å². The van der Waals surface area contributed by atoms with E-state index in [0.29, 0.717) is 0 Å². The number of alkyl halides is 6. The highest BCUT2D eigenvalue weighted by Gasteiger charge is 2.16. The number of rotatable bonds is 0. The summed E-state index contributed by atoms with van der Waals surface area (Å²) in [7, 11) is 0. The molecule has 0 fully saturated rings. The highest BCUT2D eigenvalue weighted by molar-refractivity contribution is 6.74. The summed E-state index contributed by atoms with van der Waals surface area (Å²) in [6.45, 7) is 0. The molecule has 0 N–H and O–H groups in total. The Hall–Kier alpha value is 1.66. The van der Waals surface area contributed by atoms with E-state index >= 15 is 0 Å². The molecule has 0 heterocycles. The van der Waals surface area contributed by atoms with Crippen LogP contribution in [-0.4, -0.2) is 20.2 Å². The number of hydrogen-bond acceptors (Lipinski definition) is 2. The standard InChI is InChI=1S/2C2HCl3O.2ClH/c2*3-2(4,5)1-6;;/h2*1H;2*1H/p-2. The Bertz CT molecular complexity index is 128. The first-order valence-electron chi connectivity index (χ1n) is 2.18. The highest BCUT2D eigenvalue weighted by Crippen LogP contribution is 2.22. The lowest BCUT2D eigenvalue weighted by Gasteiger charge is -1.93. The molecular formula is C4H2Cl8O2-2. The van der Waals surface area contributed by atoms with Crippen LogP contribution in [0.3, 0.4) is 0 Å². The van der Waals surface area contributed by atoms with Crippen LogP contribution in [0.5, 0.6) is 0 Å². The number of halogens is 8. The van der Waals surface area contributed by atoms with E-state index in [1.54, 1.807) is 0 Å². The first-order chi connectivity index (χ1) is 5.12. The monoisotopic (exact) mass is 362 g/mol. The molecule has 0 amide bonds. The van der Waals surface area contributed by atoms with Crippen molar-refractivity contribution in [2.75, 3.05) is 0 Å². The van der Waals surface area contributed by atoms with E-state index in [1.807, 2.05) is 0 Å².